The molecule has 0 unspecified atom stereocenters. The van der Waals surface area contributed by atoms with Gasteiger partial charge < -0.3 is 5.32 Å². The number of carbonyl (C=O) groups excluding carboxylic acids is 1. The van der Waals surface area contributed by atoms with Crippen LogP contribution in [0.2, 0.25) is 0 Å². The van der Waals surface area contributed by atoms with E-state index in [1.54, 1.807) is 35.3 Å². The monoisotopic (exact) mass is 467 g/mol. The van der Waals surface area contributed by atoms with Crippen molar-refractivity contribution in [1.29, 1.82) is 0 Å². The van der Waals surface area contributed by atoms with Crippen LogP contribution in [0.1, 0.15) is 43.7 Å². The van der Waals surface area contributed by atoms with Crippen LogP contribution >= 0.6 is 0 Å². The first-order valence-electron chi connectivity index (χ1n) is 11.2. The highest BCUT2D eigenvalue weighted by Crippen LogP contribution is 2.26. The lowest BCUT2D eigenvalue weighted by atomic mass is 9.97. The van der Waals surface area contributed by atoms with Crippen molar-refractivity contribution in [2.24, 2.45) is 5.92 Å². The second kappa shape index (κ2) is 9.84. The highest BCUT2D eigenvalue weighted by atomic mass is 32.2. The molecule has 4 rings (SSSR count). The van der Waals surface area contributed by atoms with Gasteiger partial charge in [0.1, 0.15) is 0 Å². The Bertz CT molecular complexity index is 1180. The highest BCUT2D eigenvalue weighted by molar-refractivity contribution is 7.89. The van der Waals surface area contributed by atoms with E-state index in [9.17, 15) is 13.2 Å². The zero-order valence-electron chi connectivity index (χ0n) is 18.9. The maximum Gasteiger partial charge on any atom is 0.243 e. The number of carbonyl (C=O) groups is 1. The van der Waals surface area contributed by atoms with Crippen LogP contribution in [0.3, 0.4) is 0 Å². The molecule has 8 nitrogen and oxygen atoms in total. The Morgan fingerprint density at radius 1 is 1.12 bits per heavy atom. The predicted octanol–water partition coefficient (Wildman–Crippen LogP) is 3.49. The van der Waals surface area contributed by atoms with E-state index >= 15 is 0 Å². The van der Waals surface area contributed by atoms with Gasteiger partial charge in [0.15, 0.2) is 5.82 Å². The fraction of sp³-hybridized carbons (Fsp3) is 0.375. The van der Waals surface area contributed by atoms with E-state index in [4.69, 9.17) is 0 Å². The molecule has 1 aliphatic rings. The van der Waals surface area contributed by atoms with Gasteiger partial charge in [0.05, 0.1) is 11.4 Å². The summed E-state index contributed by atoms with van der Waals surface area (Å²) in [4.78, 5) is 17.1. The number of benzene rings is 1. The third-order valence-electron chi connectivity index (χ3n) is 5.97. The number of aromatic nitrogens is 3. The molecule has 1 aromatic carbocycles. The molecule has 0 radical (unpaired) electrons. The van der Waals surface area contributed by atoms with Gasteiger partial charge >= 0.3 is 0 Å². The van der Waals surface area contributed by atoms with E-state index < -0.39 is 10.0 Å². The van der Waals surface area contributed by atoms with Gasteiger partial charge in [-0.3, -0.25) is 14.5 Å². The average molecular weight is 468 g/mol. The first-order valence-corrected chi connectivity index (χ1v) is 12.6. The summed E-state index contributed by atoms with van der Waals surface area (Å²) in [7, 11) is -3.56. The van der Waals surface area contributed by atoms with Gasteiger partial charge in [-0.25, -0.2) is 8.42 Å². The zero-order valence-corrected chi connectivity index (χ0v) is 19.7. The molecule has 1 amide bonds. The Labute approximate surface area is 194 Å². The molecule has 3 heterocycles. The molecule has 33 heavy (non-hydrogen) atoms. The molecule has 0 aliphatic carbocycles. The molecule has 0 bridgehead atoms. The van der Waals surface area contributed by atoms with Gasteiger partial charge in [-0.05, 0) is 48.1 Å². The van der Waals surface area contributed by atoms with Gasteiger partial charge in [-0.2, -0.15) is 9.40 Å². The molecule has 1 fully saturated rings. The maximum atomic E-state index is 13.0. The van der Waals surface area contributed by atoms with Crippen LogP contribution in [-0.4, -0.2) is 46.5 Å². The Kier molecular flexibility index (Phi) is 6.90. The fourth-order valence-corrected chi connectivity index (χ4v) is 5.43. The number of hydrogen-bond acceptors (Lipinski definition) is 5. The SMILES string of the molecule is CC(C)c1ccc(S(=O)(=O)N2CCC(C(=O)Nc3ccn(Cc4cccnc4)n3)CC2)cc1. The standard InChI is InChI=1S/C24H29N5O3S/c1-18(2)20-5-7-22(8-6-20)33(31,32)29-14-9-21(10-15-29)24(30)26-23-11-13-28(27-23)17-19-4-3-12-25-16-19/h3-8,11-13,16,18,21H,9-10,14-15,17H2,1-2H3,(H,26,27,30). The summed E-state index contributed by atoms with van der Waals surface area (Å²) in [6, 6.07) is 12.7. The molecule has 174 valence electrons. The lowest BCUT2D eigenvalue weighted by molar-refractivity contribution is -0.120. The van der Waals surface area contributed by atoms with Crippen molar-refractivity contribution in [3.8, 4) is 0 Å². The van der Waals surface area contributed by atoms with Gasteiger partial charge in [-0.1, -0.05) is 32.0 Å². The summed E-state index contributed by atoms with van der Waals surface area (Å²) < 4.78 is 29.2. The van der Waals surface area contributed by atoms with Crippen LogP contribution < -0.4 is 5.32 Å². The minimum atomic E-state index is -3.56. The number of pyridine rings is 1. The second-order valence-corrected chi connectivity index (χ2v) is 10.6. The summed E-state index contributed by atoms with van der Waals surface area (Å²) in [6.07, 6.45) is 6.26. The first-order chi connectivity index (χ1) is 15.8. The maximum absolute atomic E-state index is 13.0. The van der Waals surface area contributed by atoms with Crippen molar-refractivity contribution in [2.75, 3.05) is 18.4 Å². The quantitative estimate of drug-likeness (QED) is 0.574. The van der Waals surface area contributed by atoms with Crippen LogP contribution in [0.4, 0.5) is 5.82 Å². The number of hydrogen-bond donors (Lipinski definition) is 1. The highest BCUT2D eigenvalue weighted by Gasteiger charge is 2.32. The minimum Gasteiger partial charge on any atom is -0.309 e. The van der Waals surface area contributed by atoms with Crippen molar-refractivity contribution in [3.63, 3.8) is 0 Å². The smallest absolute Gasteiger partial charge is 0.243 e. The van der Waals surface area contributed by atoms with Gasteiger partial charge in [0.25, 0.3) is 0 Å². The zero-order chi connectivity index (χ0) is 23.4. The molecule has 1 saturated heterocycles. The average Bonchev–Trinajstić information content (AvgIpc) is 3.26. The fourth-order valence-electron chi connectivity index (χ4n) is 3.96. The van der Waals surface area contributed by atoms with E-state index in [2.05, 4.69) is 29.2 Å². The third kappa shape index (κ3) is 5.48. The van der Waals surface area contributed by atoms with Crippen LogP contribution in [-0.2, 0) is 21.4 Å². The largest absolute Gasteiger partial charge is 0.309 e. The summed E-state index contributed by atoms with van der Waals surface area (Å²) in [5.74, 6) is 0.463. The Morgan fingerprint density at radius 2 is 1.85 bits per heavy atom. The number of sulfonamides is 1. The number of anilines is 1. The predicted molar refractivity (Wildman–Crippen MR) is 126 cm³/mol. The Morgan fingerprint density at radius 3 is 2.48 bits per heavy atom. The van der Waals surface area contributed by atoms with E-state index in [1.807, 2.05) is 30.5 Å². The van der Waals surface area contributed by atoms with Gasteiger partial charge in [0.2, 0.25) is 15.9 Å². The minimum absolute atomic E-state index is 0.125. The third-order valence-corrected chi connectivity index (χ3v) is 7.88. The molecule has 1 N–H and O–H groups in total. The summed E-state index contributed by atoms with van der Waals surface area (Å²) in [5.41, 5.74) is 2.12. The Balaban J connectivity index is 1.31. The lowest BCUT2D eigenvalue weighted by Crippen LogP contribution is -2.41. The topological polar surface area (TPSA) is 97.2 Å². The summed E-state index contributed by atoms with van der Waals surface area (Å²) >= 11 is 0. The van der Waals surface area contributed by atoms with Crippen LogP contribution in [0.25, 0.3) is 0 Å². The van der Waals surface area contributed by atoms with Gasteiger partial charge in [-0.15, -0.1) is 0 Å². The normalized spacial score (nSPS) is 15.6. The van der Waals surface area contributed by atoms with Crippen LogP contribution in [0.5, 0.6) is 0 Å². The molecule has 2 aromatic heterocycles. The van der Waals surface area contributed by atoms with Crippen molar-refractivity contribution in [2.45, 2.75) is 44.0 Å². The van der Waals surface area contributed by atoms with E-state index in [0.717, 1.165) is 11.1 Å². The van der Waals surface area contributed by atoms with Crippen molar-refractivity contribution in [1.82, 2.24) is 19.1 Å². The van der Waals surface area contributed by atoms with Crippen molar-refractivity contribution in [3.05, 3.63) is 72.2 Å². The molecule has 0 spiro atoms. The molecule has 1 aliphatic heterocycles. The van der Waals surface area contributed by atoms with Crippen molar-refractivity contribution < 1.29 is 13.2 Å². The number of nitrogens with one attached hydrogen (secondary N) is 1. The lowest BCUT2D eigenvalue weighted by Gasteiger charge is -2.30. The van der Waals surface area contributed by atoms with E-state index in [1.165, 1.54) is 4.31 Å². The molecule has 0 atom stereocenters. The van der Waals surface area contributed by atoms with E-state index in [0.29, 0.717) is 49.1 Å². The number of amides is 1. The number of piperidine rings is 1. The van der Waals surface area contributed by atoms with Crippen LogP contribution in [0, 0.1) is 5.92 Å². The number of rotatable bonds is 7. The molecular weight excluding hydrogens is 438 g/mol. The van der Waals surface area contributed by atoms with Gasteiger partial charge in [0, 0.05) is 43.7 Å². The molecule has 3 aromatic rings. The van der Waals surface area contributed by atoms with Crippen LogP contribution in [0.15, 0.2) is 66.0 Å². The molecule has 9 heteroatoms. The van der Waals surface area contributed by atoms with Crippen molar-refractivity contribution >= 4 is 21.7 Å². The molecule has 0 saturated carbocycles. The molecular formula is C24H29N5O3S. The second-order valence-electron chi connectivity index (χ2n) is 8.65. The number of nitrogens with zero attached hydrogens (tertiary/aromatic N) is 4. The Hall–Kier alpha value is -3.04. The van der Waals surface area contributed by atoms with E-state index in [-0.39, 0.29) is 11.8 Å². The summed E-state index contributed by atoms with van der Waals surface area (Å²) in [6.45, 7) is 5.36. The first kappa shape index (κ1) is 23.1. The summed E-state index contributed by atoms with van der Waals surface area (Å²) in [5, 5.41) is 7.27.